The van der Waals surface area contributed by atoms with E-state index in [2.05, 4.69) is 16.5 Å². The Labute approximate surface area is 205 Å². The van der Waals surface area contributed by atoms with E-state index in [0.717, 1.165) is 17.8 Å². The van der Waals surface area contributed by atoms with Gasteiger partial charge in [-0.1, -0.05) is 18.7 Å². The van der Waals surface area contributed by atoms with Crippen molar-refractivity contribution in [3.63, 3.8) is 0 Å². The molecule has 2 heterocycles. The Hall–Kier alpha value is -3.51. The maximum absolute atomic E-state index is 13.9. The van der Waals surface area contributed by atoms with Crippen molar-refractivity contribution in [3.8, 4) is 22.4 Å². The zero-order valence-electron chi connectivity index (χ0n) is 19.3. The third-order valence-electron chi connectivity index (χ3n) is 5.83. The summed E-state index contributed by atoms with van der Waals surface area (Å²) in [5.41, 5.74) is 1.38. The molecule has 0 bridgehead atoms. The molecule has 12 heteroatoms. The highest BCUT2D eigenvalue weighted by atomic mass is 32.2. The van der Waals surface area contributed by atoms with E-state index < -0.39 is 27.8 Å². The summed E-state index contributed by atoms with van der Waals surface area (Å²) >= 11 is 0. The summed E-state index contributed by atoms with van der Waals surface area (Å²) in [6.45, 7) is 7.45. The van der Waals surface area contributed by atoms with E-state index in [0.29, 0.717) is 26.2 Å². The van der Waals surface area contributed by atoms with E-state index in [1.54, 1.807) is 11.0 Å². The molecule has 1 aliphatic rings. The molecule has 0 saturated carbocycles. The van der Waals surface area contributed by atoms with Gasteiger partial charge in [-0.25, -0.2) is 27.9 Å². The highest BCUT2D eigenvalue weighted by Crippen LogP contribution is 2.41. The number of hydrogen-bond acceptors (Lipinski definition) is 6. The standard InChI is InChI=1S/C24H23F4N5O2S/c1-15(2)32-10-12-33(13-11-32)22-20(17-4-3-5-19(14-17)36(29,34)35)21(16-6-8-18(25)9-7-16)30-23(31-22)24(26,27)28/h3-9,14H,1,10-13H2,2H3,(H2,29,34,35). The number of benzene rings is 2. The lowest BCUT2D eigenvalue weighted by atomic mass is 9.98. The normalized spacial score (nSPS) is 14.7. The van der Waals surface area contributed by atoms with E-state index in [1.807, 2.05) is 11.8 Å². The molecular formula is C24H23F4N5O2S. The molecule has 7 nitrogen and oxygen atoms in total. The molecule has 1 aromatic heterocycles. The van der Waals surface area contributed by atoms with Crippen LogP contribution in [0.4, 0.5) is 23.4 Å². The largest absolute Gasteiger partial charge is 0.451 e. The Kier molecular flexibility index (Phi) is 6.76. The number of halogens is 4. The number of nitrogens with two attached hydrogens (primary N) is 1. The van der Waals surface area contributed by atoms with Crippen LogP contribution in [-0.4, -0.2) is 49.5 Å². The summed E-state index contributed by atoms with van der Waals surface area (Å²) in [5, 5.41) is 5.30. The second-order valence-corrected chi connectivity index (χ2v) is 9.94. The first-order chi connectivity index (χ1) is 16.8. The van der Waals surface area contributed by atoms with Crippen molar-refractivity contribution in [2.75, 3.05) is 31.1 Å². The van der Waals surface area contributed by atoms with Gasteiger partial charge in [0.05, 0.1) is 16.2 Å². The maximum atomic E-state index is 13.9. The predicted molar refractivity (Wildman–Crippen MR) is 128 cm³/mol. The van der Waals surface area contributed by atoms with Gasteiger partial charge >= 0.3 is 6.18 Å². The number of piperazine rings is 1. The minimum absolute atomic E-state index is 0.00964. The number of nitrogens with zero attached hydrogens (tertiary/aromatic N) is 4. The summed E-state index contributed by atoms with van der Waals surface area (Å²) < 4.78 is 79.4. The van der Waals surface area contributed by atoms with E-state index >= 15 is 0 Å². The number of allylic oxidation sites excluding steroid dienone is 1. The number of rotatable bonds is 5. The van der Waals surface area contributed by atoms with Crippen LogP contribution in [0.5, 0.6) is 0 Å². The number of alkyl halides is 3. The summed E-state index contributed by atoms with van der Waals surface area (Å²) in [6, 6.07) is 10.4. The first kappa shape index (κ1) is 25.6. The van der Waals surface area contributed by atoms with Crippen molar-refractivity contribution in [2.24, 2.45) is 5.14 Å². The monoisotopic (exact) mass is 521 g/mol. The van der Waals surface area contributed by atoms with Gasteiger partial charge in [-0.2, -0.15) is 13.2 Å². The molecule has 0 atom stereocenters. The third-order valence-corrected chi connectivity index (χ3v) is 6.74. The molecule has 1 saturated heterocycles. The number of aromatic nitrogens is 2. The molecule has 0 aliphatic carbocycles. The minimum Gasteiger partial charge on any atom is -0.372 e. The molecule has 1 fully saturated rings. The van der Waals surface area contributed by atoms with Crippen LogP contribution in [0.3, 0.4) is 0 Å². The van der Waals surface area contributed by atoms with E-state index in [-0.39, 0.29) is 33.1 Å². The molecule has 2 N–H and O–H groups in total. The molecule has 0 radical (unpaired) electrons. The first-order valence-electron chi connectivity index (χ1n) is 10.9. The van der Waals surface area contributed by atoms with Gasteiger partial charge in [-0.05, 0) is 48.9 Å². The quantitative estimate of drug-likeness (QED) is 0.504. The fourth-order valence-electron chi connectivity index (χ4n) is 4.02. The lowest BCUT2D eigenvalue weighted by Gasteiger charge is -2.38. The predicted octanol–water partition coefficient (Wildman–Crippen LogP) is 4.27. The zero-order chi connectivity index (χ0) is 26.3. The van der Waals surface area contributed by atoms with Crippen molar-refractivity contribution >= 4 is 15.8 Å². The van der Waals surface area contributed by atoms with Crippen molar-refractivity contribution in [3.05, 3.63) is 72.4 Å². The van der Waals surface area contributed by atoms with Crippen LogP contribution in [0.15, 0.2) is 65.7 Å². The first-order valence-corrected chi connectivity index (χ1v) is 12.4. The second kappa shape index (κ2) is 9.51. The number of sulfonamides is 1. The van der Waals surface area contributed by atoms with Crippen molar-refractivity contribution in [1.29, 1.82) is 0 Å². The van der Waals surface area contributed by atoms with Crippen LogP contribution in [-0.2, 0) is 16.2 Å². The molecule has 190 valence electrons. The zero-order valence-corrected chi connectivity index (χ0v) is 20.1. The van der Waals surface area contributed by atoms with E-state index in [9.17, 15) is 26.0 Å². The average Bonchev–Trinajstić information content (AvgIpc) is 2.83. The van der Waals surface area contributed by atoms with Gasteiger partial charge in [0.2, 0.25) is 15.8 Å². The highest BCUT2D eigenvalue weighted by Gasteiger charge is 2.38. The van der Waals surface area contributed by atoms with Crippen molar-refractivity contribution < 1.29 is 26.0 Å². The molecule has 0 spiro atoms. The Morgan fingerprint density at radius 2 is 1.64 bits per heavy atom. The summed E-state index contributed by atoms with van der Waals surface area (Å²) in [6.07, 6.45) is -4.86. The van der Waals surface area contributed by atoms with Crippen LogP contribution < -0.4 is 10.0 Å². The second-order valence-electron chi connectivity index (χ2n) is 8.38. The van der Waals surface area contributed by atoms with Gasteiger partial charge in [0.15, 0.2) is 0 Å². The van der Waals surface area contributed by atoms with Crippen LogP contribution >= 0.6 is 0 Å². The van der Waals surface area contributed by atoms with E-state index in [1.165, 1.54) is 30.3 Å². The van der Waals surface area contributed by atoms with Gasteiger partial charge in [-0.15, -0.1) is 0 Å². The number of anilines is 1. The molecule has 4 rings (SSSR count). The highest BCUT2D eigenvalue weighted by molar-refractivity contribution is 7.89. The SMILES string of the molecule is C=C(C)N1CCN(c2nc(C(F)(F)F)nc(-c3ccc(F)cc3)c2-c2cccc(S(N)(=O)=O)c2)CC1. The Bertz CT molecular complexity index is 1400. The van der Waals surface area contributed by atoms with Gasteiger partial charge in [-0.3, -0.25) is 0 Å². The number of hydrogen-bond donors (Lipinski definition) is 1. The molecule has 36 heavy (non-hydrogen) atoms. The van der Waals surface area contributed by atoms with Gasteiger partial charge in [0.25, 0.3) is 0 Å². The number of primary sulfonamides is 1. The van der Waals surface area contributed by atoms with Crippen LogP contribution in [0.25, 0.3) is 22.4 Å². The summed E-state index contributed by atoms with van der Waals surface area (Å²) in [5.74, 6) is -1.94. The van der Waals surface area contributed by atoms with Gasteiger partial charge in [0.1, 0.15) is 11.6 Å². The van der Waals surface area contributed by atoms with Crippen molar-refractivity contribution in [1.82, 2.24) is 14.9 Å². The smallest absolute Gasteiger partial charge is 0.372 e. The van der Waals surface area contributed by atoms with E-state index in [4.69, 9.17) is 5.14 Å². The average molecular weight is 522 g/mol. The third kappa shape index (κ3) is 5.34. The summed E-state index contributed by atoms with van der Waals surface area (Å²) in [4.78, 5) is 11.2. The molecule has 1 aliphatic heterocycles. The van der Waals surface area contributed by atoms with Crippen LogP contribution in [0.2, 0.25) is 0 Å². The lowest BCUT2D eigenvalue weighted by molar-refractivity contribution is -0.144. The molecule has 0 unspecified atom stereocenters. The molecular weight excluding hydrogens is 498 g/mol. The van der Waals surface area contributed by atoms with Gasteiger partial charge in [0, 0.05) is 37.4 Å². The molecule has 2 aromatic carbocycles. The fraction of sp³-hybridized carbons (Fsp3) is 0.250. The van der Waals surface area contributed by atoms with Crippen LogP contribution in [0, 0.1) is 5.82 Å². The Morgan fingerprint density at radius 3 is 2.19 bits per heavy atom. The molecule has 3 aromatic rings. The lowest BCUT2D eigenvalue weighted by Crippen LogP contribution is -2.46. The van der Waals surface area contributed by atoms with Crippen LogP contribution in [0.1, 0.15) is 12.7 Å². The minimum atomic E-state index is -4.86. The van der Waals surface area contributed by atoms with Gasteiger partial charge < -0.3 is 9.80 Å². The van der Waals surface area contributed by atoms with Crippen molar-refractivity contribution in [2.45, 2.75) is 18.0 Å². The maximum Gasteiger partial charge on any atom is 0.451 e. The summed E-state index contributed by atoms with van der Waals surface area (Å²) in [7, 11) is -4.10. The molecule has 0 amide bonds. The topological polar surface area (TPSA) is 92.4 Å². The Balaban J connectivity index is 2.00. The Morgan fingerprint density at radius 1 is 1.00 bits per heavy atom. The fourth-order valence-corrected chi connectivity index (χ4v) is 4.58.